The SMILES string of the molecule is Cc1ccc(C2CCC(O)CC2)c(OC2(C(=O)O)CC2)c1. The van der Waals surface area contributed by atoms with Crippen molar-refractivity contribution < 1.29 is 19.7 Å². The van der Waals surface area contributed by atoms with Gasteiger partial charge in [0.1, 0.15) is 5.75 Å². The molecule has 2 aliphatic rings. The van der Waals surface area contributed by atoms with E-state index in [0.29, 0.717) is 18.8 Å². The number of aryl methyl sites for hydroxylation is 1. The second kappa shape index (κ2) is 5.34. The molecule has 2 aliphatic carbocycles. The van der Waals surface area contributed by atoms with Crippen LogP contribution in [0.15, 0.2) is 18.2 Å². The fraction of sp³-hybridized carbons (Fsp3) is 0.588. The van der Waals surface area contributed by atoms with Gasteiger partial charge in [-0.15, -0.1) is 0 Å². The van der Waals surface area contributed by atoms with Gasteiger partial charge in [-0.05, 0) is 55.7 Å². The van der Waals surface area contributed by atoms with Gasteiger partial charge in [0, 0.05) is 12.8 Å². The van der Waals surface area contributed by atoms with Crippen LogP contribution in [-0.4, -0.2) is 27.9 Å². The third-order valence-corrected chi connectivity index (χ3v) is 4.70. The van der Waals surface area contributed by atoms with Gasteiger partial charge in [-0.25, -0.2) is 4.79 Å². The Bertz CT molecular complexity index is 540. The van der Waals surface area contributed by atoms with E-state index in [1.165, 1.54) is 0 Å². The number of aliphatic hydroxyl groups excluding tert-OH is 1. The van der Waals surface area contributed by atoms with Crippen molar-refractivity contribution in [2.45, 2.75) is 63.1 Å². The van der Waals surface area contributed by atoms with Crippen molar-refractivity contribution in [1.82, 2.24) is 0 Å². The minimum absolute atomic E-state index is 0.190. The average Bonchev–Trinajstić information content (AvgIpc) is 3.21. The quantitative estimate of drug-likeness (QED) is 0.894. The molecule has 0 unspecified atom stereocenters. The summed E-state index contributed by atoms with van der Waals surface area (Å²) in [5.41, 5.74) is 1.17. The van der Waals surface area contributed by atoms with Gasteiger partial charge in [-0.2, -0.15) is 0 Å². The number of hydrogen-bond donors (Lipinski definition) is 2. The minimum atomic E-state index is -1.00. The molecule has 0 aliphatic heterocycles. The van der Waals surface area contributed by atoms with Crippen molar-refractivity contribution in [1.29, 1.82) is 0 Å². The van der Waals surface area contributed by atoms with E-state index in [1.54, 1.807) is 0 Å². The summed E-state index contributed by atoms with van der Waals surface area (Å²) in [6.07, 6.45) is 4.45. The summed E-state index contributed by atoms with van der Waals surface area (Å²) >= 11 is 0. The van der Waals surface area contributed by atoms with Crippen molar-refractivity contribution in [3.8, 4) is 5.75 Å². The number of aliphatic carboxylic acids is 1. The molecule has 0 aromatic heterocycles. The molecule has 3 rings (SSSR count). The number of carboxylic acids is 1. The Balaban J connectivity index is 1.85. The van der Waals surface area contributed by atoms with Crippen molar-refractivity contribution in [3.05, 3.63) is 29.3 Å². The zero-order valence-corrected chi connectivity index (χ0v) is 12.3. The molecule has 0 amide bonds. The number of carbonyl (C=O) groups is 1. The van der Waals surface area contributed by atoms with Crippen LogP contribution in [-0.2, 0) is 4.79 Å². The van der Waals surface area contributed by atoms with Crippen LogP contribution in [0.3, 0.4) is 0 Å². The maximum atomic E-state index is 11.3. The van der Waals surface area contributed by atoms with Crippen LogP contribution in [0.4, 0.5) is 0 Å². The lowest BCUT2D eigenvalue weighted by atomic mass is 9.82. The predicted molar refractivity (Wildman–Crippen MR) is 78.6 cm³/mol. The Hall–Kier alpha value is -1.55. The molecule has 21 heavy (non-hydrogen) atoms. The van der Waals surface area contributed by atoms with Gasteiger partial charge in [0.25, 0.3) is 0 Å². The molecule has 4 heteroatoms. The van der Waals surface area contributed by atoms with E-state index in [4.69, 9.17) is 4.74 Å². The zero-order chi connectivity index (χ0) is 15.0. The molecule has 1 aromatic rings. The molecule has 0 atom stereocenters. The highest BCUT2D eigenvalue weighted by atomic mass is 16.5. The van der Waals surface area contributed by atoms with Gasteiger partial charge < -0.3 is 14.9 Å². The summed E-state index contributed by atoms with van der Waals surface area (Å²) in [7, 11) is 0. The molecule has 4 nitrogen and oxygen atoms in total. The Kier molecular flexibility index (Phi) is 3.66. The lowest BCUT2D eigenvalue weighted by Gasteiger charge is -2.28. The largest absolute Gasteiger partial charge is 0.478 e. The Labute approximate surface area is 124 Å². The van der Waals surface area contributed by atoms with Gasteiger partial charge in [-0.1, -0.05) is 12.1 Å². The van der Waals surface area contributed by atoms with Gasteiger partial charge in [-0.3, -0.25) is 0 Å². The summed E-state index contributed by atoms with van der Waals surface area (Å²) in [6.45, 7) is 1.99. The summed E-state index contributed by atoms with van der Waals surface area (Å²) in [6, 6.07) is 6.06. The number of hydrogen-bond acceptors (Lipinski definition) is 3. The van der Waals surface area contributed by atoms with E-state index in [-0.39, 0.29) is 6.10 Å². The lowest BCUT2D eigenvalue weighted by Crippen LogP contribution is -2.29. The molecular formula is C17H22O4. The van der Waals surface area contributed by atoms with Crippen molar-refractivity contribution >= 4 is 5.97 Å². The summed E-state index contributed by atoms with van der Waals surface area (Å²) in [5, 5.41) is 19.0. The van der Waals surface area contributed by atoms with Gasteiger partial charge in [0.05, 0.1) is 6.10 Å². The Morgan fingerprint density at radius 3 is 2.48 bits per heavy atom. The molecule has 0 bridgehead atoms. The molecule has 2 fully saturated rings. The minimum Gasteiger partial charge on any atom is -0.478 e. The number of ether oxygens (including phenoxy) is 1. The highest BCUT2D eigenvalue weighted by Crippen LogP contribution is 2.44. The smallest absolute Gasteiger partial charge is 0.348 e. The van der Waals surface area contributed by atoms with Gasteiger partial charge in [0.2, 0.25) is 5.60 Å². The predicted octanol–water partition coefficient (Wildman–Crippen LogP) is 3.01. The zero-order valence-electron chi connectivity index (χ0n) is 12.3. The molecule has 114 valence electrons. The third-order valence-electron chi connectivity index (χ3n) is 4.70. The Morgan fingerprint density at radius 1 is 1.24 bits per heavy atom. The first kappa shape index (κ1) is 14.4. The molecule has 0 radical (unpaired) electrons. The number of carboxylic acid groups (broad SMARTS) is 1. The first-order valence-electron chi connectivity index (χ1n) is 7.71. The molecule has 0 heterocycles. The Morgan fingerprint density at radius 2 is 1.90 bits per heavy atom. The second-order valence-electron chi connectivity index (χ2n) is 6.45. The fourth-order valence-electron chi connectivity index (χ4n) is 3.14. The van der Waals surface area contributed by atoms with E-state index in [1.807, 2.05) is 19.1 Å². The standard InChI is InChI=1S/C17H22O4/c1-11-2-7-14(12-3-5-13(18)6-4-12)15(10-11)21-17(8-9-17)16(19)20/h2,7,10,12-13,18H,3-6,8-9H2,1H3,(H,19,20). The number of aliphatic hydroxyl groups is 1. The normalized spacial score (nSPS) is 27.1. The van der Waals surface area contributed by atoms with Crippen LogP contribution in [0.2, 0.25) is 0 Å². The molecular weight excluding hydrogens is 268 g/mol. The van der Waals surface area contributed by atoms with E-state index in [0.717, 1.165) is 42.6 Å². The molecule has 0 spiro atoms. The van der Waals surface area contributed by atoms with Crippen LogP contribution in [0.5, 0.6) is 5.75 Å². The topological polar surface area (TPSA) is 66.8 Å². The van der Waals surface area contributed by atoms with Crippen molar-refractivity contribution in [2.75, 3.05) is 0 Å². The van der Waals surface area contributed by atoms with Crippen LogP contribution in [0.1, 0.15) is 55.6 Å². The highest BCUT2D eigenvalue weighted by Gasteiger charge is 2.53. The van der Waals surface area contributed by atoms with Crippen LogP contribution >= 0.6 is 0 Å². The second-order valence-corrected chi connectivity index (χ2v) is 6.45. The van der Waals surface area contributed by atoms with Crippen molar-refractivity contribution in [3.63, 3.8) is 0 Å². The molecule has 2 saturated carbocycles. The van der Waals surface area contributed by atoms with Crippen LogP contribution in [0.25, 0.3) is 0 Å². The van der Waals surface area contributed by atoms with E-state index >= 15 is 0 Å². The summed E-state index contributed by atoms with van der Waals surface area (Å²) in [5.74, 6) is 0.207. The van der Waals surface area contributed by atoms with Crippen LogP contribution < -0.4 is 4.74 Å². The number of benzene rings is 1. The first-order valence-corrected chi connectivity index (χ1v) is 7.71. The summed E-state index contributed by atoms with van der Waals surface area (Å²) in [4.78, 5) is 11.3. The molecule has 0 saturated heterocycles. The van der Waals surface area contributed by atoms with E-state index in [9.17, 15) is 15.0 Å². The summed E-state index contributed by atoms with van der Waals surface area (Å²) < 4.78 is 5.90. The lowest BCUT2D eigenvalue weighted by molar-refractivity contribution is -0.147. The average molecular weight is 290 g/mol. The van der Waals surface area contributed by atoms with Crippen molar-refractivity contribution in [2.24, 2.45) is 0 Å². The molecule has 2 N–H and O–H groups in total. The highest BCUT2D eigenvalue weighted by molar-refractivity contribution is 5.81. The number of rotatable bonds is 4. The first-order chi connectivity index (χ1) is 10.00. The maximum absolute atomic E-state index is 11.3. The third kappa shape index (κ3) is 2.91. The monoisotopic (exact) mass is 290 g/mol. The van der Waals surface area contributed by atoms with Gasteiger partial charge >= 0.3 is 5.97 Å². The van der Waals surface area contributed by atoms with E-state index in [2.05, 4.69) is 6.07 Å². The van der Waals surface area contributed by atoms with Crippen LogP contribution in [0, 0.1) is 6.92 Å². The fourth-order valence-corrected chi connectivity index (χ4v) is 3.14. The van der Waals surface area contributed by atoms with E-state index < -0.39 is 11.6 Å². The molecule has 1 aromatic carbocycles. The maximum Gasteiger partial charge on any atom is 0.348 e. The van der Waals surface area contributed by atoms with Gasteiger partial charge in [0.15, 0.2) is 0 Å².